The zero-order chi connectivity index (χ0) is 14.6. The van der Waals surface area contributed by atoms with Gasteiger partial charge in [-0.1, -0.05) is 37.3 Å². The van der Waals surface area contributed by atoms with Crippen molar-refractivity contribution in [1.82, 2.24) is 4.90 Å². The summed E-state index contributed by atoms with van der Waals surface area (Å²) in [4.78, 5) is 15.4. The molecule has 0 saturated heterocycles. The number of hydrogen-bond donors (Lipinski definition) is 0. The molecule has 108 valence electrons. The Balaban J connectivity index is 2.09. The summed E-state index contributed by atoms with van der Waals surface area (Å²) in [7, 11) is 1.78. The molecular weight excluding hydrogens is 292 g/mol. The molecule has 0 atom stereocenters. The number of nitriles is 1. The van der Waals surface area contributed by atoms with E-state index in [1.54, 1.807) is 11.9 Å². The number of hydrogen-bond acceptors (Lipinski definition) is 3. The van der Waals surface area contributed by atoms with Crippen LogP contribution < -0.4 is 0 Å². The van der Waals surface area contributed by atoms with Crippen LogP contribution in [0.5, 0.6) is 0 Å². The van der Waals surface area contributed by atoms with Crippen molar-refractivity contribution in [2.75, 3.05) is 7.05 Å². The summed E-state index contributed by atoms with van der Waals surface area (Å²) < 4.78 is 0.727. The minimum absolute atomic E-state index is 0.0357. The molecule has 20 heavy (non-hydrogen) atoms. The van der Waals surface area contributed by atoms with E-state index in [0.717, 1.165) is 34.9 Å². The van der Waals surface area contributed by atoms with Gasteiger partial charge >= 0.3 is 0 Å². The van der Waals surface area contributed by atoms with Gasteiger partial charge in [-0.25, -0.2) is 0 Å². The van der Waals surface area contributed by atoms with Gasteiger partial charge in [0.2, 0.25) is 5.91 Å². The lowest BCUT2D eigenvalue weighted by Crippen LogP contribution is -2.40. The number of thiophene rings is 1. The molecule has 1 aromatic rings. The normalized spacial score (nSPS) is 18.1. The Morgan fingerprint density at radius 2 is 2.05 bits per heavy atom. The molecule has 0 bridgehead atoms. The van der Waals surface area contributed by atoms with Crippen molar-refractivity contribution in [3.63, 3.8) is 0 Å². The van der Waals surface area contributed by atoms with Crippen LogP contribution in [0.25, 0.3) is 0 Å². The second-order valence-corrected chi connectivity index (χ2v) is 7.27. The molecule has 1 heterocycles. The molecule has 0 aliphatic heterocycles. The van der Waals surface area contributed by atoms with E-state index in [2.05, 4.69) is 6.07 Å². The summed E-state index contributed by atoms with van der Waals surface area (Å²) in [5, 5.41) is 9.54. The lowest BCUT2D eigenvalue weighted by molar-refractivity contribution is -0.138. The van der Waals surface area contributed by atoms with Gasteiger partial charge < -0.3 is 4.90 Å². The number of amides is 1. The fraction of sp³-hybridized carbons (Fsp3) is 0.600. The van der Waals surface area contributed by atoms with E-state index in [0.29, 0.717) is 19.4 Å². The highest BCUT2D eigenvalue weighted by Gasteiger charge is 2.40. The molecule has 1 aromatic heterocycles. The Hall–Kier alpha value is -1.05. The van der Waals surface area contributed by atoms with Crippen molar-refractivity contribution < 1.29 is 4.79 Å². The standard InChI is InChI=1S/C15H19ClN2OS/c1-18(10-12-6-7-13(16)20-12)14(19)15(11-17)8-4-2-3-5-9-15/h6-7H,2-5,8-10H2,1H3. The Morgan fingerprint density at radius 1 is 1.40 bits per heavy atom. The Morgan fingerprint density at radius 3 is 2.55 bits per heavy atom. The average Bonchev–Trinajstić information content (AvgIpc) is 2.71. The predicted octanol–water partition coefficient (Wildman–Crippen LogP) is 4.22. The summed E-state index contributed by atoms with van der Waals surface area (Å²) in [5.41, 5.74) is -0.813. The van der Waals surface area contributed by atoms with Crippen LogP contribution in [0.4, 0.5) is 0 Å². The lowest BCUT2D eigenvalue weighted by atomic mass is 9.80. The third-order valence-electron chi connectivity index (χ3n) is 3.95. The smallest absolute Gasteiger partial charge is 0.243 e. The number of nitrogens with zero attached hydrogens (tertiary/aromatic N) is 2. The van der Waals surface area contributed by atoms with Gasteiger partial charge in [-0.05, 0) is 25.0 Å². The van der Waals surface area contributed by atoms with E-state index in [9.17, 15) is 10.1 Å². The van der Waals surface area contributed by atoms with Crippen LogP contribution in [0.15, 0.2) is 12.1 Å². The van der Waals surface area contributed by atoms with Gasteiger partial charge in [0.1, 0.15) is 5.41 Å². The van der Waals surface area contributed by atoms with Crippen LogP contribution >= 0.6 is 22.9 Å². The molecule has 1 fully saturated rings. The molecular formula is C15H19ClN2OS. The van der Waals surface area contributed by atoms with E-state index in [4.69, 9.17) is 11.6 Å². The molecule has 5 heteroatoms. The topological polar surface area (TPSA) is 44.1 Å². The largest absolute Gasteiger partial charge is 0.339 e. The van der Waals surface area contributed by atoms with Crippen LogP contribution in [0.2, 0.25) is 4.34 Å². The quantitative estimate of drug-likeness (QED) is 0.784. The van der Waals surface area contributed by atoms with Gasteiger partial charge in [0, 0.05) is 11.9 Å². The zero-order valence-corrected chi connectivity index (χ0v) is 13.3. The lowest BCUT2D eigenvalue weighted by Gasteiger charge is -2.29. The van der Waals surface area contributed by atoms with Crippen LogP contribution in [0, 0.1) is 16.7 Å². The molecule has 0 aromatic carbocycles. The first kappa shape index (κ1) is 15.3. The molecule has 0 N–H and O–H groups in total. The number of rotatable bonds is 3. The van der Waals surface area contributed by atoms with Crippen LogP contribution in [0.3, 0.4) is 0 Å². The summed E-state index contributed by atoms with van der Waals surface area (Å²) in [6.07, 6.45) is 5.58. The third kappa shape index (κ3) is 3.34. The summed E-state index contributed by atoms with van der Waals surface area (Å²) in [5.74, 6) is -0.0357. The minimum Gasteiger partial charge on any atom is -0.339 e. The molecule has 1 aliphatic carbocycles. The van der Waals surface area contributed by atoms with Gasteiger partial charge in [0.15, 0.2) is 0 Å². The monoisotopic (exact) mass is 310 g/mol. The van der Waals surface area contributed by atoms with Crippen molar-refractivity contribution in [2.45, 2.75) is 45.1 Å². The molecule has 1 saturated carbocycles. The average molecular weight is 311 g/mol. The number of carbonyl (C=O) groups excluding carboxylic acids is 1. The molecule has 2 rings (SSSR count). The Kier molecular flexibility index (Phi) is 5.06. The first-order valence-corrected chi connectivity index (χ1v) is 8.18. The van der Waals surface area contributed by atoms with Gasteiger partial charge in [0.25, 0.3) is 0 Å². The highest BCUT2D eigenvalue weighted by atomic mass is 35.5. The first-order chi connectivity index (χ1) is 9.57. The van der Waals surface area contributed by atoms with Gasteiger partial charge in [-0.2, -0.15) is 5.26 Å². The SMILES string of the molecule is CN(Cc1ccc(Cl)s1)C(=O)C1(C#N)CCCCCC1. The minimum atomic E-state index is -0.813. The first-order valence-electron chi connectivity index (χ1n) is 6.98. The maximum atomic E-state index is 12.7. The van der Waals surface area contributed by atoms with Crippen molar-refractivity contribution in [1.29, 1.82) is 5.26 Å². The Labute approximate surface area is 129 Å². The van der Waals surface area contributed by atoms with Crippen LogP contribution in [0.1, 0.15) is 43.4 Å². The Bertz CT molecular complexity index is 512. The number of halogens is 1. The highest BCUT2D eigenvalue weighted by Crippen LogP contribution is 2.36. The van der Waals surface area contributed by atoms with Crippen molar-refractivity contribution in [3.05, 3.63) is 21.3 Å². The molecule has 3 nitrogen and oxygen atoms in total. The zero-order valence-electron chi connectivity index (χ0n) is 11.7. The van der Waals surface area contributed by atoms with Gasteiger partial charge in [-0.15, -0.1) is 11.3 Å². The van der Waals surface area contributed by atoms with Crippen molar-refractivity contribution >= 4 is 28.8 Å². The summed E-state index contributed by atoms with van der Waals surface area (Å²) >= 11 is 7.39. The highest BCUT2D eigenvalue weighted by molar-refractivity contribution is 7.16. The van der Waals surface area contributed by atoms with Crippen LogP contribution in [-0.2, 0) is 11.3 Å². The van der Waals surface area contributed by atoms with Crippen molar-refractivity contribution in [2.24, 2.45) is 5.41 Å². The van der Waals surface area contributed by atoms with E-state index < -0.39 is 5.41 Å². The summed E-state index contributed by atoms with van der Waals surface area (Å²) in [6.45, 7) is 0.527. The molecule has 0 radical (unpaired) electrons. The molecule has 0 spiro atoms. The molecule has 0 unspecified atom stereocenters. The van der Waals surface area contributed by atoms with Crippen LogP contribution in [-0.4, -0.2) is 17.9 Å². The second kappa shape index (κ2) is 6.60. The fourth-order valence-corrected chi connectivity index (χ4v) is 3.95. The third-order valence-corrected chi connectivity index (χ3v) is 5.16. The predicted molar refractivity (Wildman–Crippen MR) is 81.6 cm³/mol. The maximum Gasteiger partial charge on any atom is 0.243 e. The van der Waals surface area contributed by atoms with Gasteiger partial charge in [0.05, 0.1) is 17.0 Å². The second-order valence-electron chi connectivity index (χ2n) is 5.48. The van der Waals surface area contributed by atoms with Crippen molar-refractivity contribution in [3.8, 4) is 6.07 Å². The van der Waals surface area contributed by atoms with E-state index >= 15 is 0 Å². The fourth-order valence-electron chi connectivity index (χ4n) is 2.81. The van der Waals surface area contributed by atoms with E-state index in [1.807, 2.05) is 12.1 Å². The van der Waals surface area contributed by atoms with E-state index in [1.165, 1.54) is 11.3 Å². The maximum absolute atomic E-state index is 12.7. The number of carbonyl (C=O) groups is 1. The van der Waals surface area contributed by atoms with Gasteiger partial charge in [-0.3, -0.25) is 4.79 Å². The summed E-state index contributed by atoms with van der Waals surface area (Å²) in [6, 6.07) is 6.09. The molecule has 1 amide bonds. The van der Waals surface area contributed by atoms with E-state index in [-0.39, 0.29) is 5.91 Å². The molecule has 1 aliphatic rings.